The Morgan fingerprint density at radius 3 is 3.06 bits per heavy atom. The van der Waals surface area contributed by atoms with Gasteiger partial charge in [-0.05, 0) is 25.1 Å². The molecule has 1 heterocycles. The SMILES string of the molecule is CCOc1ccc(Cl)cc1NC(=O)c1cn[nH]c1. The molecular formula is C12H12ClN3O2. The number of rotatable bonds is 4. The Morgan fingerprint density at radius 2 is 2.39 bits per heavy atom. The highest BCUT2D eigenvalue weighted by Gasteiger charge is 2.11. The topological polar surface area (TPSA) is 67.0 Å². The Hall–Kier alpha value is -2.01. The molecule has 94 valence electrons. The molecule has 0 radical (unpaired) electrons. The van der Waals surface area contributed by atoms with Crippen LogP contribution in [0.1, 0.15) is 17.3 Å². The van der Waals surface area contributed by atoms with Crippen molar-refractivity contribution in [3.05, 3.63) is 41.2 Å². The summed E-state index contributed by atoms with van der Waals surface area (Å²) in [6.07, 6.45) is 2.96. The molecule has 0 unspecified atom stereocenters. The minimum absolute atomic E-state index is 0.271. The van der Waals surface area contributed by atoms with Gasteiger partial charge in [-0.2, -0.15) is 5.10 Å². The van der Waals surface area contributed by atoms with Crippen LogP contribution in [0.3, 0.4) is 0 Å². The van der Waals surface area contributed by atoms with E-state index in [1.165, 1.54) is 12.4 Å². The third-order valence-corrected chi connectivity index (χ3v) is 2.49. The number of carbonyl (C=O) groups excluding carboxylic acids is 1. The molecule has 0 aliphatic rings. The summed E-state index contributed by atoms with van der Waals surface area (Å²) < 4.78 is 5.41. The summed E-state index contributed by atoms with van der Waals surface area (Å²) in [6, 6.07) is 5.07. The Labute approximate surface area is 109 Å². The molecule has 0 aliphatic heterocycles. The zero-order valence-electron chi connectivity index (χ0n) is 9.74. The maximum absolute atomic E-state index is 11.9. The van der Waals surface area contributed by atoms with Crippen molar-refractivity contribution >= 4 is 23.2 Å². The number of hydrogen-bond donors (Lipinski definition) is 2. The zero-order chi connectivity index (χ0) is 13.0. The number of nitrogens with zero attached hydrogens (tertiary/aromatic N) is 1. The molecule has 0 atom stereocenters. The Morgan fingerprint density at radius 1 is 1.56 bits per heavy atom. The maximum Gasteiger partial charge on any atom is 0.258 e. The molecule has 2 aromatic rings. The van der Waals surface area contributed by atoms with Crippen molar-refractivity contribution in [2.24, 2.45) is 0 Å². The summed E-state index contributed by atoms with van der Waals surface area (Å²) in [5.41, 5.74) is 0.980. The first-order valence-electron chi connectivity index (χ1n) is 5.43. The summed E-state index contributed by atoms with van der Waals surface area (Å²) in [5, 5.41) is 9.56. The number of carbonyl (C=O) groups is 1. The molecule has 0 saturated heterocycles. The summed E-state index contributed by atoms with van der Waals surface area (Å²) in [4.78, 5) is 11.9. The molecule has 2 N–H and O–H groups in total. The lowest BCUT2D eigenvalue weighted by atomic mass is 10.2. The molecule has 18 heavy (non-hydrogen) atoms. The van der Waals surface area contributed by atoms with E-state index in [1.807, 2.05) is 6.92 Å². The lowest BCUT2D eigenvalue weighted by molar-refractivity contribution is 0.102. The standard InChI is InChI=1S/C12H12ClN3O2/c1-2-18-11-4-3-9(13)5-10(11)16-12(17)8-6-14-15-7-8/h3-7H,2H2,1H3,(H,14,15)(H,16,17). The number of ether oxygens (including phenoxy) is 1. The van der Waals surface area contributed by atoms with Crippen molar-refractivity contribution in [1.29, 1.82) is 0 Å². The predicted molar refractivity (Wildman–Crippen MR) is 69.2 cm³/mol. The van der Waals surface area contributed by atoms with Crippen LogP contribution in [0.15, 0.2) is 30.6 Å². The minimum atomic E-state index is -0.271. The fourth-order valence-electron chi connectivity index (χ4n) is 1.45. The van der Waals surface area contributed by atoms with Gasteiger partial charge >= 0.3 is 0 Å². The number of amides is 1. The normalized spacial score (nSPS) is 10.1. The summed E-state index contributed by atoms with van der Waals surface area (Å²) >= 11 is 5.90. The van der Waals surface area contributed by atoms with Crippen LogP contribution in [0.4, 0.5) is 5.69 Å². The Bertz CT molecular complexity index is 540. The fraction of sp³-hybridized carbons (Fsp3) is 0.167. The molecule has 2 rings (SSSR count). The number of anilines is 1. The minimum Gasteiger partial charge on any atom is -0.492 e. The average Bonchev–Trinajstić information content (AvgIpc) is 2.86. The van der Waals surface area contributed by atoms with Crippen molar-refractivity contribution in [2.45, 2.75) is 6.92 Å². The monoisotopic (exact) mass is 265 g/mol. The van der Waals surface area contributed by atoms with E-state index in [-0.39, 0.29) is 5.91 Å². The van der Waals surface area contributed by atoms with Gasteiger partial charge in [0.05, 0.1) is 24.1 Å². The first-order chi connectivity index (χ1) is 8.70. The quantitative estimate of drug-likeness (QED) is 0.893. The smallest absolute Gasteiger partial charge is 0.258 e. The molecule has 0 aliphatic carbocycles. The summed E-state index contributed by atoms with van der Waals surface area (Å²) in [7, 11) is 0. The van der Waals surface area contributed by atoms with Crippen molar-refractivity contribution < 1.29 is 9.53 Å². The number of halogens is 1. The van der Waals surface area contributed by atoms with Gasteiger partial charge in [0, 0.05) is 11.2 Å². The lowest BCUT2D eigenvalue weighted by Gasteiger charge is -2.11. The van der Waals surface area contributed by atoms with E-state index in [0.29, 0.717) is 28.6 Å². The number of benzene rings is 1. The molecule has 1 amide bonds. The van der Waals surface area contributed by atoms with Gasteiger partial charge in [-0.1, -0.05) is 11.6 Å². The molecule has 0 spiro atoms. The molecular weight excluding hydrogens is 254 g/mol. The van der Waals surface area contributed by atoms with Crippen molar-refractivity contribution in [2.75, 3.05) is 11.9 Å². The largest absolute Gasteiger partial charge is 0.492 e. The highest BCUT2D eigenvalue weighted by Crippen LogP contribution is 2.28. The van der Waals surface area contributed by atoms with E-state index in [2.05, 4.69) is 15.5 Å². The molecule has 5 nitrogen and oxygen atoms in total. The second kappa shape index (κ2) is 5.55. The second-order valence-electron chi connectivity index (χ2n) is 3.51. The highest BCUT2D eigenvalue weighted by atomic mass is 35.5. The Balaban J connectivity index is 2.22. The number of nitrogens with one attached hydrogen (secondary N) is 2. The number of aromatic amines is 1. The van der Waals surface area contributed by atoms with Crippen LogP contribution in [-0.4, -0.2) is 22.7 Å². The van der Waals surface area contributed by atoms with Crippen LogP contribution in [-0.2, 0) is 0 Å². The number of H-pyrrole nitrogens is 1. The van der Waals surface area contributed by atoms with Gasteiger partial charge in [0.2, 0.25) is 0 Å². The summed E-state index contributed by atoms with van der Waals surface area (Å²) in [5.74, 6) is 0.311. The van der Waals surface area contributed by atoms with Crippen LogP contribution in [0.5, 0.6) is 5.75 Å². The van der Waals surface area contributed by atoms with Crippen LogP contribution < -0.4 is 10.1 Å². The van der Waals surface area contributed by atoms with Gasteiger partial charge in [-0.25, -0.2) is 0 Å². The first kappa shape index (κ1) is 12.4. The molecule has 0 bridgehead atoms. The van der Waals surface area contributed by atoms with Gasteiger partial charge in [0.25, 0.3) is 5.91 Å². The summed E-state index contributed by atoms with van der Waals surface area (Å²) in [6.45, 7) is 2.38. The molecule has 6 heteroatoms. The van der Waals surface area contributed by atoms with Crippen molar-refractivity contribution in [1.82, 2.24) is 10.2 Å². The van der Waals surface area contributed by atoms with Crippen LogP contribution in [0, 0.1) is 0 Å². The molecule has 0 saturated carbocycles. The average molecular weight is 266 g/mol. The van der Waals surface area contributed by atoms with Gasteiger partial charge in [0.15, 0.2) is 0 Å². The second-order valence-corrected chi connectivity index (χ2v) is 3.95. The third kappa shape index (κ3) is 2.81. The van der Waals surface area contributed by atoms with E-state index in [1.54, 1.807) is 18.2 Å². The lowest BCUT2D eigenvalue weighted by Crippen LogP contribution is -2.12. The van der Waals surface area contributed by atoms with Crippen LogP contribution in [0.25, 0.3) is 0 Å². The van der Waals surface area contributed by atoms with Crippen molar-refractivity contribution in [3.8, 4) is 5.75 Å². The fourth-order valence-corrected chi connectivity index (χ4v) is 1.62. The van der Waals surface area contributed by atoms with E-state index in [9.17, 15) is 4.79 Å². The maximum atomic E-state index is 11.9. The van der Waals surface area contributed by atoms with Gasteiger partial charge in [-0.3, -0.25) is 9.89 Å². The third-order valence-electron chi connectivity index (χ3n) is 2.25. The number of aromatic nitrogens is 2. The van der Waals surface area contributed by atoms with Crippen LogP contribution >= 0.6 is 11.6 Å². The van der Waals surface area contributed by atoms with Gasteiger partial charge in [0.1, 0.15) is 5.75 Å². The molecule has 1 aromatic heterocycles. The molecule has 0 fully saturated rings. The van der Waals surface area contributed by atoms with Gasteiger partial charge in [-0.15, -0.1) is 0 Å². The first-order valence-corrected chi connectivity index (χ1v) is 5.81. The van der Waals surface area contributed by atoms with Crippen molar-refractivity contribution in [3.63, 3.8) is 0 Å². The van der Waals surface area contributed by atoms with E-state index in [0.717, 1.165) is 0 Å². The van der Waals surface area contributed by atoms with E-state index in [4.69, 9.17) is 16.3 Å². The van der Waals surface area contributed by atoms with Crippen LogP contribution in [0.2, 0.25) is 5.02 Å². The van der Waals surface area contributed by atoms with E-state index >= 15 is 0 Å². The highest BCUT2D eigenvalue weighted by molar-refractivity contribution is 6.31. The number of hydrogen-bond acceptors (Lipinski definition) is 3. The predicted octanol–water partition coefficient (Wildman–Crippen LogP) is 2.71. The Kier molecular flexibility index (Phi) is 3.84. The van der Waals surface area contributed by atoms with Gasteiger partial charge < -0.3 is 10.1 Å². The van der Waals surface area contributed by atoms with E-state index < -0.39 is 0 Å². The zero-order valence-corrected chi connectivity index (χ0v) is 10.5. The molecule has 1 aromatic carbocycles.